The van der Waals surface area contributed by atoms with Gasteiger partial charge < -0.3 is 10.1 Å². The third-order valence-electron chi connectivity index (χ3n) is 4.73. The van der Waals surface area contributed by atoms with Crippen LogP contribution < -0.4 is 19.2 Å². The Hall–Kier alpha value is -2.56. The maximum Gasteiger partial charge on any atom is 0.308 e. The van der Waals surface area contributed by atoms with Gasteiger partial charge in [-0.05, 0) is 50.2 Å². The van der Waals surface area contributed by atoms with Gasteiger partial charge in [0.15, 0.2) is 0 Å². The van der Waals surface area contributed by atoms with Crippen LogP contribution in [0.2, 0.25) is 5.02 Å². The summed E-state index contributed by atoms with van der Waals surface area (Å²) in [5, 5.41) is 2.96. The van der Waals surface area contributed by atoms with E-state index in [0.717, 1.165) is 32.1 Å². The van der Waals surface area contributed by atoms with E-state index in [-0.39, 0.29) is 15.6 Å². The van der Waals surface area contributed by atoms with Crippen molar-refractivity contribution < 1.29 is 17.9 Å². The number of benzene rings is 2. The zero-order chi connectivity index (χ0) is 22.9. The number of hydrogen-bond acceptors (Lipinski definition) is 6. The van der Waals surface area contributed by atoms with Crippen molar-refractivity contribution in [2.75, 3.05) is 23.0 Å². The van der Waals surface area contributed by atoms with Gasteiger partial charge in [0, 0.05) is 12.2 Å². The number of fused-ring (bicyclic) bond motifs is 1. The third kappa shape index (κ3) is 4.70. The molecule has 1 amide bonds. The topological polar surface area (TPSA) is 97.7 Å². The van der Waals surface area contributed by atoms with Crippen LogP contribution in [0.4, 0.5) is 11.4 Å². The number of methoxy groups -OCH3 is 1. The van der Waals surface area contributed by atoms with Gasteiger partial charge in [0.2, 0.25) is 15.9 Å². The van der Waals surface area contributed by atoms with Gasteiger partial charge in [0.05, 0.1) is 34.3 Å². The highest BCUT2D eigenvalue weighted by Gasteiger charge is 2.29. The molecule has 1 atom stereocenters. The highest BCUT2D eigenvalue weighted by molar-refractivity contribution is 7.92. The molecule has 0 bridgehead atoms. The Balaban J connectivity index is 1.91. The van der Waals surface area contributed by atoms with E-state index < -0.39 is 22.0 Å². The van der Waals surface area contributed by atoms with Crippen molar-refractivity contribution in [1.29, 1.82) is 0 Å². The summed E-state index contributed by atoms with van der Waals surface area (Å²) in [5.74, 6) is -0.138. The molecule has 0 fully saturated rings. The largest absolute Gasteiger partial charge is 0.495 e. The van der Waals surface area contributed by atoms with Crippen molar-refractivity contribution in [2.45, 2.75) is 26.4 Å². The van der Waals surface area contributed by atoms with Crippen molar-refractivity contribution in [2.24, 2.45) is 0 Å². The Morgan fingerprint density at radius 2 is 2.00 bits per heavy atom. The number of halogens is 1. The van der Waals surface area contributed by atoms with E-state index in [1.165, 1.54) is 32.2 Å². The van der Waals surface area contributed by atoms with Crippen LogP contribution in [0, 0.1) is 0 Å². The number of rotatable bonds is 7. The van der Waals surface area contributed by atoms with Gasteiger partial charge in [-0.3, -0.25) is 18.5 Å². The molecule has 3 rings (SSSR count). The molecule has 0 aliphatic rings. The number of anilines is 2. The predicted octanol–water partition coefficient (Wildman–Crippen LogP) is 3.54. The molecule has 31 heavy (non-hydrogen) atoms. The molecule has 1 aromatic heterocycles. The fraction of sp³-hybridized carbons (Fsp3) is 0.300. The molecule has 1 heterocycles. The number of carbonyl (C=O) groups is 1. The molecule has 166 valence electrons. The molecule has 1 N–H and O–H groups in total. The molecule has 0 radical (unpaired) electrons. The molecular weight excluding hydrogens is 462 g/mol. The molecule has 0 saturated carbocycles. The summed E-state index contributed by atoms with van der Waals surface area (Å²) in [6.45, 7) is 3.92. The Labute approximate surface area is 189 Å². The lowest BCUT2D eigenvalue weighted by atomic mass is 10.2. The maximum atomic E-state index is 12.9. The number of sulfonamides is 1. The highest BCUT2D eigenvalue weighted by atomic mass is 35.5. The van der Waals surface area contributed by atoms with Crippen molar-refractivity contribution in [3.05, 3.63) is 51.1 Å². The van der Waals surface area contributed by atoms with Crippen LogP contribution in [0.25, 0.3) is 10.2 Å². The first-order valence-corrected chi connectivity index (χ1v) is 12.4. The third-order valence-corrected chi connectivity index (χ3v) is 7.21. The lowest BCUT2D eigenvalue weighted by Crippen LogP contribution is -2.45. The second kappa shape index (κ2) is 8.89. The average Bonchev–Trinajstić information content (AvgIpc) is 3.01. The summed E-state index contributed by atoms with van der Waals surface area (Å²) in [4.78, 5) is 24.9. The van der Waals surface area contributed by atoms with E-state index in [1.54, 1.807) is 22.8 Å². The number of aromatic nitrogens is 1. The minimum Gasteiger partial charge on any atom is -0.495 e. The SMILES string of the molecule is CCn1c(=O)sc2cc(NC(=O)[C@H](C)N(c3ccc(OC)c(Cl)c3)S(C)(=O)=O)ccc21. The molecule has 3 aromatic rings. The van der Waals surface area contributed by atoms with E-state index in [4.69, 9.17) is 16.3 Å². The molecule has 11 heteroatoms. The fourth-order valence-corrected chi connectivity index (χ4v) is 5.70. The Morgan fingerprint density at radius 1 is 1.29 bits per heavy atom. The summed E-state index contributed by atoms with van der Waals surface area (Å²) in [6, 6.07) is 8.57. The molecule has 0 unspecified atom stereocenters. The van der Waals surface area contributed by atoms with E-state index in [1.807, 2.05) is 6.92 Å². The van der Waals surface area contributed by atoms with Crippen LogP contribution >= 0.6 is 22.9 Å². The number of aryl methyl sites for hydroxylation is 1. The van der Waals surface area contributed by atoms with Gasteiger partial charge >= 0.3 is 4.87 Å². The monoisotopic (exact) mass is 483 g/mol. The van der Waals surface area contributed by atoms with Gasteiger partial charge in [-0.1, -0.05) is 22.9 Å². The van der Waals surface area contributed by atoms with Crippen LogP contribution in [-0.4, -0.2) is 38.3 Å². The van der Waals surface area contributed by atoms with Gasteiger partial charge in [-0.15, -0.1) is 0 Å². The van der Waals surface area contributed by atoms with E-state index in [2.05, 4.69) is 5.32 Å². The van der Waals surface area contributed by atoms with Gasteiger partial charge in [0.25, 0.3) is 0 Å². The van der Waals surface area contributed by atoms with Gasteiger partial charge in [-0.2, -0.15) is 0 Å². The van der Waals surface area contributed by atoms with Crippen molar-refractivity contribution in [3.63, 3.8) is 0 Å². The molecular formula is C20H22ClN3O5S2. The van der Waals surface area contributed by atoms with Crippen molar-refractivity contribution in [3.8, 4) is 5.75 Å². The van der Waals surface area contributed by atoms with E-state index in [0.29, 0.717) is 18.0 Å². The first-order valence-electron chi connectivity index (χ1n) is 9.34. The second-order valence-electron chi connectivity index (χ2n) is 6.84. The fourth-order valence-electron chi connectivity index (χ4n) is 3.29. The van der Waals surface area contributed by atoms with Crippen LogP contribution in [0.1, 0.15) is 13.8 Å². The minimum absolute atomic E-state index is 0.0750. The second-order valence-corrected chi connectivity index (χ2v) is 10.1. The van der Waals surface area contributed by atoms with Crippen LogP contribution in [-0.2, 0) is 21.4 Å². The van der Waals surface area contributed by atoms with Gasteiger partial charge in [-0.25, -0.2) is 8.42 Å². The molecule has 0 aliphatic carbocycles. The Bertz CT molecular complexity index is 1300. The quantitative estimate of drug-likeness (QED) is 0.554. The number of nitrogens with zero attached hydrogens (tertiary/aromatic N) is 2. The van der Waals surface area contributed by atoms with Crippen LogP contribution in [0.15, 0.2) is 41.2 Å². The summed E-state index contributed by atoms with van der Waals surface area (Å²) in [6.07, 6.45) is 1.02. The number of amides is 1. The number of thiazole rings is 1. The number of nitrogens with one attached hydrogen (secondary N) is 1. The number of hydrogen-bond donors (Lipinski definition) is 1. The molecule has 0 spiro atoms. The summed E-state index contributed by atoms with van der Waals surface area (Å²) < 4.78 is 33.4. The zero-order valence-electron chi connectivity index (χ0n) is 17.4. The zero-order valence-corrected chi connectivity index (χ0v) is 19.8. The summed E-state index contributed by atoms with van der Waals surface area (Å²) in [5.41, 5.74) is 1.49. The summed E-state index contributed by atoms with van der Waals surface area (Å²) >= 11 is 7.24. The number of carbonyl (C=O) groups excluding carboxylic acids is 1. The normalized spacial score (nSPS) is 12.5. The highest BCUT2D eigenvalue weighted by Crippen LogP contribution is 2.31. The predicted molar refractivity (Wildman–Crippen MR) is 125 cm³/mol. The van der Waals surface area contributed by atoms with Gasteiger partial charge in [0.1, 0.15) is 11.8 Å². The minimum atomic E-state index is -3.80. The van der Waals surface area contributed by atoms with Crippen LogP contribution in [0.5, 0.6) is 5.75 Å². The molecule has 0 aliphatic heterocycles. The molecule has 2 aromatic carbocycles. The van der Waals surface area contributed by atoms with Crippen molar-refractivity contribution in [1.82, 2.24) is 4.57 Å². The Morgan fingerprint density at radius 3 is 2.58 bits per heavy atom. The smallest absolute Gasteiger partial charge is 0.308 e. The average molecular weight is 484 g/mol. The summed E-state index contributed by atoms with van der Waals surface area (Å²) in [7, 11) is -2.35. The molecule has 0 saturated heterocycles. The lowest BCUT2D eigenvalue weighted by molar-refractivity contribution is -0.116. The Kier molecular flexibility index (Phi) is 6.63. The maximum absolute atomic E-state index is 12.9. The number of ether oxygens (including phenoxy) is 1. The molecule has 8 nitrogen and oxygen atoms in total. The van der Waals surface area contributed by atoms with Crippen molar-refractivity contribution >= 4 is 60.5 Å². The first kappa shape index (κ1) is 23.1. The lowest BCUT2D eigenvalue weighted by Gasteiger charge is -2.28. The van der Waals surface area contributed by atoms with E-state index in [9.17, 15) is 18.0 Å². The van der Waals surface area contributed by atoms with E-state index >= 15 is 0 Å². The first-order chi connectivity index (χ1) is 14.6. The standard InChI is InChI=1S/C20H22ClN3O5S2/c1-5-23-16-8-6-13(10-18(16)30-20(23)26)22-19(25)12(2)24(31(4,27)28)14-7-9-17(29-3)15(21)11-14/h6-12H,5H2,1-4H3,(H,22,25)/t12-/m0/s1. The van der Waals surface area contributed by atoms with Crippen LogP contribution in [0.3, 0.4) is 0 Å².